The maximum absolute atomic E-state index is 5.80. The number of nitrogens with one attached hydrogen (secondary N) is 1. The van der Waals surface area contributed by atoms with Gasteiger partial charge in [-0.25, -0.2) is 0 Å². The van der Waals surface area contributed by atoms with Crippen molar-refractivity contribution >= 4 is 0 Å². The molecule has 3 heteroatoms. The largest absolute Gasteiger partial charge is 0.374 e. The highest BCUT2D eigenvalue weighted by Crippen LogP contribution is 2.40. The summed E-state index contributed by atoms with van der Waals surface area (Å²) in [5.74, 6) is 1.85. The first-order valence-electron chi connectivity index (χ1n) is 8.47. The van der Waals surface area contributed by atoms with Crippen LogP contribution in [0.2, 0.25) is 0 Å². The third-order valence-corrected chi connectivity index (χ3v) is 5.24. The summed E-state index contributed by atoms with van der Waals surface area (Å²) in [5, 5.41) is 3.23. The van der Waals surface area contributed by atoms with E-state index in [-0.39, 0.29) is 0 Å². The predicted octanol–water partition coefficient (Wildman–Crippen LogP) is 2.76. The molecule has 1 saturated heterocycles. The van der Waals surface area contributed by atoms with Crippen LogP contribution in [0, 0.1) is 17.3 Å². The van der Waals surface area contributed by atoms with Crippen molar-refractivity contribution in [3.63, 3.8) is 0 Å². The van der Waals surface area contributed by atoms with Gasteiger partial charge in [0.05, 0.1) is 12.7 Å². The molecule has 0 aromatic heterocycles. The summed E-state index contributed by atoms with van der Waals surface area (Å²) >= 11 is 0. The second kappa shape index (κ2) is 7.24. The first kappa shape index (κ1) is 16.3. The molecule has 1 saturated carbocycles. The van der Waals surface area contributed by atoms with Crippen molar-refractivity contribution in [1.29, 1.82) is 0 Å². The van der Waals surface area contributed by atoms with E-state index in [1.54, 1.807) is 0 Å². The molecular weight excluding hydrogens is 248 g/mol. The Morgan fingerprint density at radius 2 is 1.85 bits per heavy atom. The maximum atomic E-state index is 5.80. The van der Waals surface area contributed by atoms with Gasteiger partial charge in [-0.05, 0) is 50.0 Å². The lowest BCUT2D eigenvalue weighted by molar-refractivity contribution is -0.0337. The van der Waals surface area contributed by atoms with Gasteiger partial charge in [-0.1, -0.05) is 20.8 Å². The minimum atomic E-state index is 0.389. The topological polar surface area (TPSA) is 24.5 Å². The predicted molar refractivity (Wildman–Crippen MR) is 85.0 cm³/mol. The number of nitrogens with zero attached hydrogens (tertiary/aromatic N) is 1. The van der Waals surface area contributed by atoms with Crippen molar-refractivity contribution in [2.45, 2.75) is 52.6 Å². The van der Waals surface area contributed by atoms with Crippen LogP contribution in [0.5, 0.6) is 0 Å². The molecule has 1 N–H and O–H groups in total. The lowest BCUT2D eigenvalue weighted by Crippen LogP contribution is -2.48. The van der Waals surface area contributed by atoms with Crippen LogP contribution >= 0.6 is 0 Å². The van der Waals surface area contributed by atoms with E-state index in [2.05, 4.69) is 31.0 Å². The smallest absolute Gasteiger partial charge is 0.0826 e. The molecule has 0 aromatic carbocycles. The number of rotatable bonds is 4. The monoisotopic (exact) mass is 282 g/mol. The fourth-order valence-corrected chi connectivity index (χ4v) is 3.87. The van der Waals surface area contributed by atoms with Crippen molar-refractivity contribution in [3.05, 3.63) is 0 Å². The molecule has 1 heterocycles. The quantitative estimate of drug-likeness (QED) is 0.858. The van der Waals surface area contributed by atoms with Gasteiger partial charge in [0.25, 0.3) is 0 Å². The maximum Gasteiger partial charge on any atom is 0.0826 e. The summed E-state index contributed by atoms with van der Waals surface area (Å²) in [7, 11) is 2.01. The average Bonchev–Trinajstić information content (AvgIpc) is 2.39. The van der Waals surface area contributed by atoms with Gasteiger partial charge < -0.3 is 10.1 Å². The van der Waals surface area contributed by atoms with Gasteiger partial charge >= 0.3 is 0 Å². The lowest BCUT2D eigenvalue weighted by Gasteiger charge is -2.40. The van der Waals surface area contributed by atoms with Crippen LogP contribution in [0.25, 0.3) is 0 Å². The van der Waals surface area contributed by atoms with Crippen molar-refractivity contribution in [1.82, 2.24) is 10.2 Å². The Hall–Kier alpha value is -0.120. The van der Waals surface area contributed by atoms with Crippen molar-refractivity contribution in [2.75, 3.05) is 39.8 Å². The van der Waals surface area contributed by atoms with Gasteiger partial charge in [0.2, 0.25) is 0 Å². The number of morpholine rings is 1. The van der Waals surface area contributed by atoms with Crippen LogP contribution in [0.4, 0.5) is 0 Å². The summed E-state index contributed by atoms with van der Waals surface area (Å²) in [4.78, 5) is 2.63. The van der Waals surface area contributed by atoms with Crippen LogP contribution in [0.3, 0.4) is 0 Å². The molecule has 1 aliphatic heterocycles. The minimum absolute atomic E-state index is 0.389. The fraction of sp³-hybridized carbons (Fsp3) is 1.00. The number of likely N-dealkylation sites (N-methyl/N-ethyl adjacent to an activating group) is 1. The number of hydrogen-bond acceptors (Lipinski definition) is 3. The van der Waals surface area contributed by atoms with E-state index in [0.29, 0.717) is 11.5 Å². The zero-order chi connectivity index (χ0) is 14.6. The Kier molecular flexibility index (Phi) is 5.88. The fourth-order valence-electron chi connectivity index (χ4n) is 3.87. The summed E-state index contributed by atoms with van der Waals surface area (Å²) < 4.78 is 5.80. The molecule has 2 aliphatic rings. The molecule has 2 fully saturated rings. The van der Waals surface area contributed by atoms with E-state index in [1.807, 2.05) is 7.05 Å². The summed E-state index contributed by atoms with van der Waals surface area (Å²) in [6.45, 7) is 12.6. The molecule has 1 atom stereocenters. The van der Waals surface area contributed by atoms with Crippen LogP contribution in [-0.4, -0.2) is 50.8 Å². The van der Waals surface area contributed by atoms with E-state index in [4.69, 9.17) is 4.74 Å². The molecule has 0 aromatic rings. The van der Waals surface area contributed by atoms with E-state index < -0.39 is 0 Å². The normalized spacial score (nSPS) is 33.3. The highest BCUT2D eigenvalue weighted by atomic mass is 16.5. The second-order valence-corrected chi connectivity index (χ2v) is 7.89. The molecule has 2 rings (SSSR count). The molecule has 0 bridgehead atoms. The molecule has 0 amide bonds. The first-order valence-corrected chi connectivity index (χ1v) is 8.47. The molecule has 118 valence electrons. The second-order valence-electron chi connectivity index (χ2n) is 7.89. The van der Waals surface area contributed by atoms with E-state index in [1.165, 1.54) is 32.2 Å². The third-order valence-electron chi connectivity index (χ3n) is 5.24. The van der Waals surface area contributed by atoms with Crippen molar-refractivity contribution in [2.24, 2.45) is 17.3 Å². The number of ether oxygens (including phenoxy) is 1. The summed E-state index contributed by atoms with van der Waals surface area (Å²) in [6.07, 6.45) is 6.10. The highest BCUT2D eigenvalue weighted by Gasteiger charge is 2.31. The Morgan fingerprint density at radius 1 is 1.15 bits per heavy atom. The van der Waals surface area contributed by atoms with E-state index in [0.717, 1.165) is 38.1 Å². The van der Waals surface area contributed by atoms with E-state index in [9.17, 15) is 0 Å². The highest BCUT2D eigenvalue weighted by molar-refractivity contribution is 4.83. The van der Waals surface area contributed by atoms with Crippen LogP contribution in [0.1, 0.15) is 46.5 Å². The molecule has 20 heavy (non-hydrogen) atoms. The SMILES string of the molecule is CNCC1CN(CC2CCC(C(C)(C)C)CC2)CCO1. The molecular formula is C17H34N2O. The third kappa shape index (κ3) is 4.71. The van der Waals surface area contributed by atoms with Gasteiger partial charge in [0.1, 0.15) is 0 Å². The summed E-state index contributed by atoms with van der Waals surface area (Å²) in [6, 6.07) is 0. The minimum Gasteiger partial charge on any atom is -0.374 e. The lowest BCUT2D eigenvalue weighted by atomic mass is 9.70. The zero-order valence-corrected chi connectivity index (χ0v) is 14.0. The van der Waals surface area contributed by atoms with Gasteiger partial charge in [-0.15, -0.1) is 0 Å². The zero-order valence-electron chi connectivity index (χ0n) is 14.0. The molecule has 1 aliphatic carbocycles. The van der Waals surface area contributed by atoms with Gasteiger partial charge in [0, 0.05) is 26.2 Å². The Morgan fingerprint density at radius 3 is 2.45 bits per heavy atom. The van der Waals surface area contributed by atoms with Gasteiger partial charge in [-0.2, -0.15) is 0 Å². The molecule has 0 spiro atoms. The van der Waals surface area contributed by atoms with Crippen molar-refractivity contribution < 1.29 is 4.74 Å². The molecule has 1 unspecified atom stereocenters. The Labute approximate surface area is 125 Å². The Balaban J connectivity index is 1.72. The average molecular weight is 282 g/mol. The van der Waals surface area contributed by atoms with Crippen LogP contribution in [0.15, 0.2) is 0 Å². The van der Waals surface area contributed by atoms with Crippen molar-refractivity contribution in [3.8, 4) is 0 Å². The Bertz CT molecular complexity index is 277. The standard InChI is InChI=1S/C17H34N2O/c1-17(2,3)15-7-5-14(6-8-15)12-19-9-10-20-16(13-19)11-18-4/h14-16,18H,5-13H2,1-4H3. The molecule has 0 radical (unpaired) electrons. The van der Waals surface area contributed by atoms with Gasteiger partial charge in [0.15, 0.2) is 0 Å². The summed E-state index contributed by atoms with van der Waals surface area (Å²) in [5.41, 5.74) is 0.502. The van der Waals surface area contributed by atoms with Gasteiger partial charge in [-0.3, -0.25) is 4.90 Å². The van der Waals surface area contributed by atoms with Crippen LogP contribution < -0.4 is 5.32 Å². The van der Waals surface area contributed by atoms with E-state index >= 15 is 0 Å². The first-order chi connectivity index (χ1) is 9.49. The van der Waals surface area contributed by atoms with Crippen LogP contribution in [-0.2, 0) is 4.74 Å². The molecule has 3 nitrogen and oxygen atoms in total. The number of hydrogen-bond donors (Lipinski definition) is 1.